The fraction of sp³-hybridized carbons (Fsp3) is 0.550. The average molecular weight is 407 g/mol. The Kier molecular flexibility index (Phi) is 8.41. The maximum absolute atomic E-state index is 12.4. The Morgan fingerprint density at radius 3 is 2.34 bits per heavy atom. The number of hydrogen-bond acceptors (Lipinski definition) is 6. The first-order chi connectivity index (χ1) is 13.8. The lowest BCUT2D eigenvalue weighted by atomic mass is 10.1. The standard InChI is InChI=1S/C20H29N3O6/c1-13(21-18(25)12-23-9-7-15(24)8-10-23)19(26)22-17(20(27)28)11-14-3-5-16(29-2)6-4-14/h3-6,13,15,17,24H,7-12H2,1-2H3,(H,21,25)(H,22,26)(H,27,28). The van der Waals surface area contributed by atoms with Gasteiger partial charge in [-0.2, -0.15) is 0 Å². The van der Waals surface area contributed by atoms with Gasteiger partial charge in [0.1, 0.15) is 17.8 Å². The van der Waals surface area contributed by atoms with E-state index in [2.05, 4.69) is 10.6 Å². The van der Waals surface area contributed by atoms with Crippen LogP contribution in [0.25, 0.3) is 0 Å². The molecular formula is C20H29N3O6. The van der Waals surface area contributed by atoms with Crippen molar-refractivity contribution in [2.45, 2.75) is 44.4 Å². The van der Waals surface area contributed by atoms with E-state index in [4.69, 9.17) is 4.74 Å². The van der Waals surface area contributed by atoms with Crippen molar-refractivity contribution in [2.75, 3.05) is 26.7 Å². The van der Waals surface area contributed by atoms with Crippen LogP contribution in [0.5, 0.6) is 5.75 Å². The third kappa shape index (κ3) is 7.35. The SMILES string of the molecule is COc1ccc(CC(NC(=O)C(C)NC(=O)CN2CCC(O)CC2)C(=O)O)cc1. The van der Waals surface area contributed by atoms with Crippen LogP contribution in [0.4, 0.5) is 0 Å². The topological polar surface area (TPSA) is 128 Å². The summed E-state index contributed by atoms with van der Waals surface area (Å²) in [5, 5.41) is 24.0. The maximum Gasteiger partial charge on any atom is 0.326 e. The van der Waals surface area contributed by atoms with Crippen molar-refractivity contribution in [1.29, 1.82) is 0 Å². The number of aliphatic carboxylic acids is 1. The molecule has 0 aromatic heterocycles. The van der Waals surface area contributed by atoms with Crippen LogP contribution in [0.3, 0.4) is 0 Å². The molecule has 1 aromatic rings. The Hall–Kier alpha value is -2.65. The molecule has 1 aliphatic heterocycles. The van der Waals surface area contributed by atoms with Crippen LogP contribution in [0.1, 0.15) is 25.3 Å². The number of benzene rings is 1. The molecule has 0 bridgehead atoms. The molecule has 29 heavy (non-hydrogen) atoms. The Bertz CT molecular complexity index is 701. The number of likely N-dealkylation sites (tertiary alicyclic amines) is 1. The van der Waals surface area contributed by atoms with Crippen LogP contribution in [0.15, 0.2) is 24.3 Å². The molecule has 2 atom stereocenters. The number of aliphatic hydroxyl groups excluding tert-OH is 1. The number of piperidine rings is 1. The van der Waals surface area contributed by atoms with Crippen LogP contribution in [-0.2, 0) is 20.8 Å². The van der Waals surface area contributed by atoms with E-state index in [1.165, 1.54) is 6.92 Å². The van der Waals surface area contributed by atoms with Crippen molar-refractivity contribution in [3.8, 4) is 5.75 Å². The second kappa shape index (κ2) is 10.8. The third-order valence-corrected chi connectivity index (χ3v) is 4.91. The summed E-state index contributed by atoms with van der Waals surface area (Å²) < 4.78 is 5.07. The third-order valence-electron chi connectivity index (χ3n) is 4.91. The molecule has 2 amide bonds. The number of aliphatic hydroxyl groups is 1. The summed E-state index contributed by atoms with van der Waals surface area (Å²) >= 11 is 0. The average Bonchev–Trinajstić information content (AvgIpc) is 2.69. The first-order valence-corrected chi connectivity index (χ1v) is 9.64. The number of methoxy groups -OCH3 is 1. The zero-order valence-corrected chi connectivity index (χ0v) is 16.8. The fourth-order valence-corrected chi connectivity index (χ4v) is 3.13. The van der Waals surface area contributed by atoms with Crippen molar-refractivity contribution >= 4 is 17.8 Å². The summed E-state index contributed by atoms with van der Waals surface area (Å²) in [7, 11) is 1.54. The number of rotatable bonds is 9. The van der Waals surface area contributed by atoms with E-state index < -0.39 is 24.0 Å². The molecular weight excluding hydrogens is 378 g/mol. The van der Waals surface area contributed by atoms with Crippen LogP contribution < -0.4 is 15.4 Å². The first kappa shape index (κ1) is 22.6. The largest absolute Gasteiger partial charge is 0.497 e. The zero-order chi connectivity index (χ0) is 21.4. The molecule has 0 spiro atoms. The van der Waals surface area contributed by atoms with E-state index in [0.717, 1.165) is 5.56 Å². The lowest BCUT2D eigenvalue weighted by Crippen LogP contribution is -2.52. The Morgan fingerprint density at radius 2 is 1.79 bits per heavy atom. The van der Waals surface area contributed by atoms with Gasteiger partial charge in [-0.05, 0) is 37.5 Å². The van der Waals surface area contributed by atoms with Gasteiger partial charge >= 0.3 is 5.97 Å². The van der Waals surface area contributed by atoms with Gasteiger partial charge in [-0.15, -0.1) is 0 Å². The number of carbonyl (C=O) groups excluding carboxylic acids is 2. The van der Waals surface area contributed by atoms with E-state index in [1.807, 2.05) is 4.90 Å². The molecule has 4 N–H and O–H groups in total. The molecule has 1 aliphatic rings. The summed E-state index contributed by atoms with van der Waals surface area (Å²) in [5.41, 5.74) is 0.738. The molecule has 2 rings (SSSR count). The molecule has 0 aliphatic carbocycles. The van der Waals surface area contributed by atoms with Gasteiger partial charge in [-0.3, -0.25) is 14.5 Å². The van der Waals surface area contributed by atoms with Gasteiger partial charge in [-0.1, -0.05) is 12.1 Å². The van der Waals surface area contributed by atoms with Crippen LogP contribution in [0.2, 0.25) is 0 Å². The van der Waals surface area contributed by atoms with Gasteiger partial charge in [0, 0.05) is 19.5 Å². The Labute approximate surface area is 170 Å². The van der Waals surface area contributed by atoms with Crippen molar-refractivity contribution in [2.24, 2.45) is 0 Å². The van der Waals surface area contributed by atoms with Gasteiger partial charge in [-0.25, -0.2) is 4.79 Å². The van der Waals surface area contributed by atoms with E-state index >= 15 is 0 Å². The number of nitrogens with zero attached hydrogens (tertiary/aromatic N) is 1. The Morgan fingerprint density at radius 1 is 1.17 bits per heavy atom. The number of carboxylic acid groups (broad SMARTS) is 1. The highest BCUT2D eigenvalue weighted by Gasteiger charge is 2.25. The van der Waals surface area contributed by atoms with Crippen molar-refractivity contribution in [1.82, 2.24) is 15.5 Å². The molecule has 160 valence electrons. The molecule has 1 heterocycles. The number of nitrogens with one attached hydrogen (secondary N) is 2. The monoisotopic (exact) mass is 407 g/mol. The number of hydrogen-bond donors (Lipinski definition) is 4. The highest BCUT2D eigenvalue weighted by molar-refractivity contribution is 5.90. The normalized spacial score (nSPS) is 17.2. The highest BCUT2D eigenvalue weighted by atomic mass is 16.5. The van der Waals surface area contributed by atoms with Crippen LogP contribution in [-0.4, -0.2) is 77.8 Å². The molecule has 0 saturated carbocycles. The molecule has 1 aromatic carbocycles. The quantitative estimate of drug-likeness (QED) is 0.445. The highest BCUT2D eigenvalue weighted by Crippen LogP contribution is 2.13. The second-order valence-corrected chi connectivity index (χ2v) is 7.25. The Balaban J connectivity index is 1.84. The van der Waals surface area contributed by atoms with E-state index in [1.54, 1.807) is 31.4 Å². The fourth-order valence-electron chi connectivity index (χ4n) is 3.13. The minimum Gasteiger partial charge on any atom is -0.497 e. The molecule has 1 saturated heterocycles. The molecule has 2 unspecified atom stereocenters. The van der Waals surface area contributed by atoms with Gasteiger partial charge in [0.25, 0.3) is 0 Å². The number of carbonyl (C=O) groups is 3. The summed E-state index contributed by atoms with van der Waals surface area (Å²) in [6.45, 7) is 2.90. The van der Waals surface area contributed by atoms with Gasteiger partial charge in [0.2, 0.25) is 11.8 Å². The summed E-state index contributed by atoms with van der Waals surface area (Å²) in [6, 6.07) is 4.94. The maximum atomic E-state index is 12.4. The smallest absolute Gasteiger partial charge is 0.326 e. The second-order valence-electron chi connectivity index (χ2n) is 7.25. The van der Waals surface area contributed by atoms with Gasteiger partial charge < -0.3 is 25.6 Å². The van der Waals surface area contributed by atoms with Crippen molar-refractivity contribution < 1.29 is 29.3 Å². The molecule has 9 nitrogen and oxygen atoms in total. The molecule has 9 heteroatoms. The van der Waals surface area contributed by atoms with Crippen molar-refractivity contribution in [3.63, 3.8) is 0 Å². The summed E-state index contributed by atoms with van der Waals surface area (Å²) in [4.78, 5) is 38.0. The number of ether oxygens (including phenoxy) is 1. The summed E-state index contributed by atoms with van der Waals surface area (Å²) in [5.74, 6) is -1.37. The zero-order valence-electron chi connectivity index (χ0n) is 16.8. The molecule has 0 radical (unpaired) electrons. The van der Waals surface area contributed by atoms with Crippen LogP contribution >= 0.6 is 0 Å². The van der Waals surface area contributed by atoms with E-state index in [9.17, 15) is 24.6 Å². The minimum atomic E-state index is -1.15. The first-order valence-electron chi connectivity index (χ1n) is 9.64. The van der Waals surface area contributed by atoms with Crippen LogP contribution in [0, 0.1) is 0 Å². The molecule has 1 fully saturated rings. The minimum absolute atomic E-state index is 0.113. The van der Waals surface area contributed by atoms with Crippen molar-refractivity contribution in [3.05, 3.63) is 29.8 Å². The predicted octanol–water partition coefficient (Wildman–Crippen LogP) is -0.231. The lowest BCUT2D eigenvalue weighted by molar-refractivity contribution is -0.142. The number of carboxylic acids is 1. The van der Waals surface area contributed by atoms with E-state index in [0.29, 0.717) is 31.7 Å². The van der Waals surface area contributed by atoms with Gasteiger partial charge in [0.15, 0.2) is 0 Å². The van der Waals surface area contributed by atoms with E-state index in [-0.39, 0.29) is 25.0 Å². The van der Waals surface area contributed by atoms with Gasteiger partial charge in [0.05, 0.1) is 19.8 Å². The lowest BCUT2D eigenvalue weighted by Gasteiger charge is -2.29. The predicted molar refractivity (Wildman–Crippen MR) is 106 cm³/mol. The summed E-state index contributed by atoms with van der Waals surface area (Å²) in [6.07, 6.45) is 1.03. The number of amides is 2.